The number of alkyl halides is 1. The number of ether oxygens (including phenoxy) is 1. The van der Waals surface area contributed by atoms with E-state index in [0.717, 1.165) is 11.3 Å². The van der Waals surface area contributed by atoms with E-state index in [9.17, 15) is 9.59 Å². The zero-order chi connectivity index (χ0) is 23.4. The van der Waals surface area contributed by atoms with Crippen LogP contribution in [0.25, 0.3) is 0 Å². The Morgan fingerprint density at radius 2 is 1.88 bits per heavy atom. The van der Waals surface area contributed by atoms with Crippen LogP contribution in [0.15, 0.2) is 36.4 Å². The molecule has 2 aromatic carbocycles. The molecule has 1 unspecified atom stereocenters. The van der Waals surface area contributed by atoms with Gasteiger partial charge in [-0.2, -0.15) is 0 Å². The Bertz CT molecular complexity index is 1000. The number of nitrogens with one attached hydrogen (secondary N) is 1. The van der Waals surface area contributed by atoms with Crippen LogP contribution in [0.4, 0.5) is 11.4 Å². The molecule has 0 spiro atoms. The summed E-state index contributed by atoms with van der Waals surface area (Å²) in [6.45, 7) is 7.09. The minimum atomic E-state index is -0.428. The summed E-state index contributed by atoms with van der Waals surface area (Å²) in [5.74, 6) is 0.218. The number of carbonyl (C=O) groups is 2. The first-order valence-electron chi connectivity index (χ1n) is 10.3. The van der Waals surface area contributed by atoms with Gasteiger partial charge in [0.1, 0.15) is 11.3 Å². The fourth-order valence-corrected chi connectivity index (χ4v) is 4.21. The van der Waals surface area contributed by atoms with Crippen LogP contribution in [0, 0.1) is 12.8 Å². The summed E-state index contributed by atoms with van der Waals surface area (Å²) in [4.78, 5) is 28.3. The molecule has 1 aliphatic rings. The molecule has 0 bridgehead atoms. The lowest BCUT2D eigenvalue weighted by Crippen LogP contribution is -2.54. The summed E-state index contributed by atoms with van der Waals surface area (Å²) in [6, 6.07) is 10.5. The highest BCUT2D eigenvalue weighted by molar-refractivity contribution is 6.33. The molecule has 1 fully saturated rings. The lowest BCUT2D eigenvalue weighted by Gasteiger charge is -2.40. The van der Waals surface area contributed by atoms with Gasteiger partial charge in [-0.3, -0.25) is 9.59 Å². The van der Waals surface area contributed by atoms with Crippen LogP contribution in [-0.4, -0.2) is 48.5 Å². The second-order valence-corrected chi connectivity index (χ2v) is 9.30. The molecule has 0 aliphatic carbocycles. The van der Waals surface area contributed by atoms with Crippen LogP contribution in [0.1, 0.15) is 19.4 Å². The topological polar surface area (TPSA) is 61.9 Å². The Morgan fingerprint density at radius 1 is 1.12 bits per heavy atom. The van der Waals surface area contributed by atoms with Gasteiger partial charge in [-0.05, 0) is 48.9 Å². The highest BCUT2D eigenvalue weighted by atomic mass is 35.5. The third-order valence-electron chi connectivity index (χ3n) is 5.17. The molecule has 172 valence electrons. The Labute approximate surface area is 203 Å². The molecule has 32 heavy (non-hydrogen) atoms. The van der Waals surface area contributed by atoms with Gasteiger partial charge < -0.3 is 19.9 Å². The largest absolute Gasteiger partial charge is 0.484 e. The SMILES string of the molecule is Cc1cc(OCC(=O)Nc2ccc(N3CCN(C(=O)C(C)C)C(Cl)C3)c(Cl)c2)ccc1Cl. The summed E-state index contributed by atoms with van der Waals surface area (Å²) < 4.78 is 5.52. The maximum atomic E-state index is 12.3. The Balaban J connectivity index is 1.57. The first-order valence-corrected chi connectivity index (χ1v) is 11.5. The van der Waals surface area contributed by atoms with Crippen molar-refractivity contribution in [2.75, 3.05) is 36.5 Å². The molecule has 2 amide bonds. The molecule has 1 aliphatic heterocycles. The number of anilines is 2. The summed E-state index contributed by atoms with van der Waals surface area (Å²) in [5, 5.41) is 3.91. The van der Waals surface area contributed by atoms with E-state index >= 15 is 0 Å². The summed E-state index contributed by atoms with van der Waals surface area (Å²) in [6.07, 6.45) is 0. The number of halogens is 3. The number of carbonyl (C=O) groups excluding carboxylic acids is 2. The van der Waals surface area contributed by atoms with Gasteiger partial charge in [0.25, 0.3) is 5.91 Å². The number of amides is 2. The van der Waals surface area contributed by atoms with Crippen LogP contribution in [0.2, 0.25) is 10.0 Å². The lowest BCUT2D eigenvalue weighted by molar-refractivity contribution is -0.135. The van der Waals surface area contributed by atoms with Crippen molar-refractivity contribution in [1.82, 2.24) is 4.90 Å². The van der Waals surface area contributed by atoms with Crippen LogP contribution < -0.4 is 15.0 Å². The monoisotopic (exact) mass is 497 g/mol. The minimum Gasteiger partial charge on any atom is -0.484 e. The summed E-state index contributed by atoms with van der Waals surface area (Å²) in [7, 11) is 0. The van der Waals surface area contributed by atoms with E-state index in [1.807, 2.05) is 31.7 Å². The molecule has 6 nitrogen and oxygen atoms in total. The van der Waals surface area contributed by atoms with Crippen molar-refractivity contribution >= 4 is 58.0 Å². The third-order valence-corrected chi connectivity index (χ3v) is 6.27. The van der Waals surface area contributed by atoms with Crippen molar-refractivity contribution in [3.8, 4) is 5.75 Å². The summed E-state index contributed by atoms with van der Waals surface area (Å²) in [5.41, 5.74) is 1.82. The fourth-order valence-electron chi connectivity index (χ4n) is 3.43. The van der Waals surface area contributed by atoms with Crippen molar-refractivity contribution in [2.45, 2.75) is 26.3 Å². The van der Waals surface area contributed by atoms with Gasteiger partial charge in [0.15, 0.2) is 6.61 Å². The van der Waals surface area contributed by atoms with E-state index < -0.39 is 5.50 Å². The standard InChI is InChI=1S/C23H26Cl3N3O3/c1-14(2)23(31)29-9-8-28(12-21(29)26)20-7-4-16(11-19(20)25)27-22(30)13-32-17-5-6-18(24)15(3)10-17/h4-7,10-11,14,21H,8-9,12-13H2,1-3H3,(H,27,30). The Morgan fingerprint density at radius 3 is 2.50 bits per heavy atom. The molecular formula is C23H26Cl3N3O3. The van der Waals surface area contributed by atoms with E-state index in [0.29, 0.717) is 41.1 Å². The Hall–Kier alpha value is -2.15. The van der Waals surface area contributed by atoms with Gasteiger partial charge in [0.05, 0.1) is 17.3 Å². The average Bonchev–Trinajstić information content (AvgIpc) is 2.74. The van der Waals surface area contributed by atoms with Crippen molar-refractivity contribution in [3.05, 3.63) is 52.0 Å². The number of piperazine rings is 1. The molecular weight excluding hydrogens is 473 g/mol. The van der Waals surface area contributed by atoms with Gasteiger partial charge in [-0.1, -0.05) is 48.7 Å². The van der Waals surface area contributed by atoms with Crippen LogP contribution in [0.5, 0.6) is 5.75 Å². The minimum absolute atomic E-state index is 0.0461. The van der Waals surface area contributed by atoms with E-state index in [1.165, 1.54) is 0 Å². The number of hydrogen-bond acceptors (Lipinski definition) is 4. The van der Waals surface area contributed by atoms with Crippen molar-refractivity contribution in [1.29, 1.82) is 0 Å². The van der Waals surface area contributed by atoms with Gasteiger partial charge in [-0.25, -0.2) is 0 Å². The van der Waals surface area contributed by atoms with Crippen LogP contribution >= 0.6 is 34.8 Å². The average molecular weight is 499 g/mol. The molecule has 0 aromatic heterocycles. The zero-order valence-corrected chi connectivity index (χ0v) is 20.5. The number of nitrogens with zero attached hydrogens (tertiary/aromatic N) is 2. The molecule has 1 atom stereocenters. The van der Waals surface area contributed by atoms with Crippen LogP contribution in [-0.2, 0) is 9.59 Å². The molecule has 3 rings (SSSR count). The van der Waals surface area contributed by atoms with Crippen molar-refractivity contribution < 1.29 is 14.3 Å². The van der Waals surface area contributed by atoms with E-state index in [4.69, 9.17) is 39.5 Å². The fraction of sp³-hybridized carbons (Fsp3) is 0.391. The van der Waals surface area contributed by atoms with Gasteiger partial charge in [-0.15, -0.1) is 0 Å². The smallest absolute Gasteiger partial charge is 0.262 e. The molecule has 1 N–H and O–H groups in total. The molecule has 2 aromatic rings. The number of aryl methyl sites for hydroxylation is 1. The van der Waals surface area contributed by atoms with E-state index in [1.54, 1.807) is 35.2 Å². The van der Waals surface area contributed by atoms with Gasteiger partial charge in [0.2, 0.25) is 5.91 Å². The maximum absolute atomic E-state index is 12.3. The molecule has 0 radical (unpaired) electrons. The highest BCUT2D eigenvalue weighted by Crippen LogP contribution is 2.31. The first kappa shape index (κ1) is 24.5. The molecule has 1 saturated heterocycles. The molecule has 1 heterocycles. The predicted molar refractivity (Wildman–Crippen MR) is 130 cm³/mol. The second kappa shape index (κ2) is 10.6. The first-order chi connectivity index (χ1) is 15.2. The van der Waals surface area contributed by atoms with Crippen molar-refractivity contribution in [2.24, 2.45) is 5.92 Å². The number of benzene rings is 2. The van der Waals surface area contributed by atoms with Crippen molar-refractivity contribution in [3.63, 3.8) is 0 Å². The van der Waals surface area contributed by atoms with Gasteiger partial charge in [0, 0.05) is 29.7 Å². The maximum Gasteiger partial charge on any atom is 0.262 e. The zero-order valence-electron chi connectivity index (χ0n) is 18.2. The normalized spacial score (nSPS) is 16.3. The number of hydrogen-bond donors (Lipinski definition) is 1. The number of rotatable bonds is 6. The molecule has 9 heteroatoms. The van der Waals surface area contributed by atoms with E-state index in [2.05, 4.69) is 5.32 Å². The summed E-state index contributed by atoms with van der Waals surface area (Å²) >= 11 is 19.0. The van der Waals surface area contributed by atoms with E-state index in [-0.39, 0.29) is 24.3 Å². The Kier molecular flexibility index (Phi) is 8.15. The van der Waals surface area contributed by atoms with Crippen LogP contribution in [0.3, 0.4) is 0 Å². The van der Waals surface area contributed by atoms with Gasteiger partial charge >= 0.3 is 0 Å². The second-order valence-electron chi connectivity index (χ2n) is 7.98. The predicted octanol–water partition coefficient (Wildman–Crippen LogP) is 5.19. The highest BCUT2D eigenvalue weighted by Gasteiger charge is 2.30. The molecule has 0 saturated carbocycles. The quantitative estimate of drug-likeness (QED) is 0.440. The third kappa shape index (κ3) is 6.00. The lowest BCUT2D eigenvalue weighted by atomic mass is 10.1.